The largest absolute Gasteiger partial charge is 0.234 e. The van der Waals surface area contributed by atoms with Gasteiger partial charge in [-0.2, -0.15) is 5.10 Å². The van der Waals surface area contributed by atoms with Crippen molar-refractivity contribution in [1.82, 2.24) is 10.2 Å². The molecule has 0 N–H and O–H groups in total. The molecule has 1 rings (SSSR count). The third kappa shape index (κ3) is 1.86. The Kier molecular flexibility index (Phi) is 2.18. The molecule has 1 unspecified atom stereocenters. The molecule has 6 heteroatoms. The molecule has 0 spiro atoms. The molecule has 3 nitrogen and oxygen atoms in total. The zero-order chi connectivity index (χ0) is 7.61. The Morgan fingerprint density at radius 2 is 2.40 bits per heavy atom. The summed E-state index contributed by atoms with van der Waals surface area (Å²) >= 11 is 4.44. The maximum absolute atomic E-state index is 10.9. The lowest BCUT2D eigenvalue weighted by Crippen LogP contribution is -1.93. The van der Waals surface area contributed by atoms with Gasteiger partial charge in [0, 0.05) is 17.4 Å². The van der Waals surface area contributed by atoms with Gasteiger partial charge in [0.05, 0.1) is 0 Å². The molecule has 0 aromatic carbocycles. The van der Waals surface area contributed by atoms with Gasteiger partial charge in [0.1, 0.15) is 0 Å². The number of rotatable bonds is 1. The van der Waals surface area contributed by atoms with Crippen molar-refractivity contribution in [2.24, 2.45) is 0 Å². The summed E-state index contributed by atoms with van der Waals surface area (Å²) < 4.78 is 10.9. The third-order valence-corrected chi connectivity index (χ3v) is 2.50. The highest BCUT2D eigenvalue weighted by molar-refractivity contribution is 8.46. The Bertz CT molecular complexity index is 309. The van der Waals surface area contributed by atoms with Gasteiger partial charge in [-0.1, -0.05) is 0 Å². The van der Waals surface area contributed by atoms with E-state index >= 15 is 0 Å². The van der Waals surface area contributed by atoms with Crippen LogP contribution in [0.4, 0.5) is 0 Å². The van der Waals surface area contributed by atoms with Gasteiger partial charge < -0.3 is 0 Å². The van der Waals surface area contributed by atoms with Gasteiger partial charge in [0.15, 0.2) is 12.7 Å². The van der Waals surface area contributed by atoms with E-state index in [9.17, 15) is 4.21 Å². The maximum Gasteiger partial charge on any atom is 0.166 e. The fraction of sp³-hybridized carbons (Fsp3) is 0. The van der Waals surface area contributed by atoms with Gasteiger partial charge in [0.2, 0.25) is 0 Å². The first-order valence-corrected chi connectivity index (χ1v) is 5.64. The minimum absolute atomic E-state index is 0.145. The van der Waals surface area contributed by atoms with Gasteiger partial charge in [-0.05, 0) is 22.8 Å². The van der Waals surface area contributed by atoms with Gasteiger partial charge in [-0.15, -0.1) is 5.10 Å². The van der Waals surface area contributed by atoms with E-state index in [-0.39, 0.29) is 5.03 Å². The van der Waals surface area contributed by atoms with E-state index in [4.69, 9.17) is 10.7 Å². The third-order valence-electron chi connectivity index (χ3n) is 0.798. The summed E-state index contributed by atoms with van der Waals surface area (Å²) in [4.78, 5) is 0. The Hall–Kier alpha value is -0.260. The number of hydrogen-bond acceptors (Lipinski definition) is 4. The van der Waals surface area contributed by atoms with E-state index in [1.165, 1.54) is 12.3 Å². The standard InChI is InChI=1S/C4H3ClN2OS2/c5-10(8,9)4-2-1-3-6-7-4/h1-3H. The molecule has 1 aromatic rings. The topological polar surface area (TPSA) is 42.9 Å². The van der Waals surface area contributed by atoms with E-state index in [0.29, 0.717) is 0 Å². The van der Waals surface area contributed by atoms with Crippen LogP contribution in [0.15, 0.2) is 23.4 Å². The lowest BCUT2D eigenvalue weighted by molar-refractivity contribution is 0.685. The van der Waals surface area contributed by atoms with Crippen LogP contribution < -0.4 is 0 Å². The monoisotopic (exact) mass is 194 g/mol. The highest BCUT2D eigenvalue weighted by atomic mass is 35.7. The zero-order valence-corrected chi connectivity index (χ0v) is 7.12. The SMILES string of the molecule is O=S(=S)(Cl)c1cccnn1. The molecule has 0 saturated carbocycles. The quantitative estimate of drug-likeness (QED) is 0.619. The van der Waals surface area contributed by atoms with Crippen LogP contribution in [0.5, 0.6) is 0 Å². The first-order chi connectivity index (χ1) is 4.61. The Morgan fingerprint density at radius 3 is 2.70 bits per heavy atom. The van der Waals surface area contributed by atoms with Crippen LogP contribution in [0.3, 0.4) is 0 Å². The van der Waals surface area contributed by atoms with Crippen molar-refractivity contribution < 1.29 is 4.21 Å². The molecule has 0 radical (unpaired) electrons. The molecule has 10 heavy (non-hydrogen) atoms. The van der Waals surface area contributed by atoms with Crippen LogP contribution in [-0.4, -0.2) is 14.4 Å². The van der Waals surface area contributed by atoms with E-state index < -0.39 is 7.71 Å². The predicted molar refractivity (Wildman–Crippen MR) is 41.7 cm³/mol. The molecule has 54 valence electrons. The zero-order valence-electron chi connectivity index (χ0n) is 4.73. The number of nitrogens with zero attached hydrogens (tertiary/aromatic N) is 2. The Morgan fingerprint density at radius 1 is 1.70 bits per heavy atom. The van der Waals surface area contributed by atoms with Crippen molar-refractivity contribution in [3.05, 3.63) is 18.3 Å². The summed E-state index contributed by atoms with van der Waals surface area (Å²) in [6.07, 6.45) is 1.46. The summed E-state index contributed by atoms with van der Waals surface area (Å²) in [7, 11) is 2.43. The lowest BCUT2D eigenvalue weighted by Gasteiger charge is -1.91. The van der Waals surface area contributed by atoms with E-state index in [2.05, 4.69) is 21.4 Å². The molecule has 0 aliphatic rings. The molecule has 1 heterocycles. The van der Waals surface area contributed by atoms with Crippen molar-refractivity contribution >= 4 is 29.6 Å². The van der Waals surface area contributed by atoms with Crippen LogP contribution in [-0.2, 0) is 18.9 Å². The van der Waals surface area contributed by atoms with E-state index in [1.54, 1.807) is 6.07 Å². The molecular weight excluding hydrogens is 192 g/mol. The lowest BCUT2D eigenvalue weighted by atomic mass is 10.6. The van der Waals surface area contributed by atoms with Crippen molar-refractivity contribution in [2.45, 2.75) is 5.03 Å². The molecule has 0 aliphatic heterocycles. The maximum atomic E-state index is 10.9. The summed E-state index contributed by atoms with van der Waals surface area (Å²) in [5.74, 6) is 0. The molecule has 1 aromatic heterocycles. The summed E-state index contributed by atoms with van der Waals surface area (Å²) in [6, 6.07) is 3.06. The van der Waals surface area contributed by atoms with Crippen LogP contribution in [0.2, 0.25) is 0 Å². The molecule has 0 bridgehead atoms. The number of hydrogen-bond donors (Lipinski definition) is 0. The Labute approximate surface area is 67.6 Å². The minimum atomic E-state index is -2.87. The summed E-state index contributed by atoms with van der Waals surface area (Å²) in [5, 5.41) is 7.10. The van der Waals surface area contributed by atoms with E-state index in [0.717, 1.165) is 0 Å². The second-order valence-electron chi connectivity index (χ2n) is 1.50. The molecular formula is C4H3ClN2OS2. The van der Waals surface area contributed by atoms with Crippen molar-refractivity contribution in [2.75, 3.05) is 0 Å². The van der Waals surface area contributed by atoms with Gasteiger partial charge in [0.25, 0.3) is 0 Å². The summed E-state index contributed by atoms with van der Waals surface area (Å²) in [5.41, 5.74) is 0. The number of aromatic nitrogens is 2. The highest BCUT2D eigenvalue weighted by Crippen LogP contribution is 2.09. The van der Waals surface area contributed by atoms with Crippen LogP contribution in [0.25, 0.3) is 0 Å². The molecule has 1 atom stereocenters. The average molecular weight is 195 g/mol. The Balaban J connectivity index is 3.22. The fourth-order valence-electron chi connectivity index (χ4n) is 0.417. The van der Waals surface area contributed by atoms with Gasteiger partial charge >= 0.3 is 0 Å². The minimum Gasteiger partial charge on any atom is -0.234 e. The second kappa shape index (κ2) is 2.77. The highest BCUT2D eigenvalue weighted by Gasteiger charge is 2.05. The molecule has 0 saturated heterocycles. The van der Waals surface area contributed by atoms with Crippen molar-refractivity contribution in [3.63, 3.8) is 0 Å². The van der Waals surface area contributed by atoms with Crippen molar-refractivity contribution in [3.8, 4) is 0 Å². The van der Waals surface area contributed by atoms with Crippen molar-refractivity contribution in [1.29, 1.82) is 0 Å². The first kappa shape index (κ1) is 7.84. The summed E-state index contributed by atoms with van der Waals surface area (Å²) in [6.45, 7) is 0. The van der Waals surface area contributed by atoms with E-state index in [1.807, 2.05) is 0 Å². The van der Waals surface area contributed by atoms with Crippen LogP contribution >= 0.6 is 10.7 Å². The van der Waals surface area contributed by atoms with Crippen LogP contribution in [0, 0.1) is 0 Å². The molecule has 0 amide bonds. The average Bonchev–Trinajstić information content (AvgIpc) is 1.88. The smallest absolute Gasteiger partial charge is 0.166 e. The normalized spacial score (nSPS) is 16.1. The molecule has 0 fully saturated rings. The van der Waals surface area contributed by atoms with Gasteiger partial charge in [-0.25, -0.2) is 4.21 Å². The predicted octanol–water partition coefficient (Wildman–Crippen LogP) is 0.736. The fourth-order valence-corrected chi connectivity index (χ4v) is 1.32. The second-order valence-corrected chi connectivity index (χ2v) is 6.05. The number of halogens is 1. The molecule has 0 aliphatic carbocycles. The van der Waals surface area contributed by atoms with Crippen LogP contribution in [0.1, 0.15) is 0 Å². The van der Waals surface area contributed by atoms with Gasteiger partial charge in [-0.3, -0.25) is 0 Å². The first-order valence-electron chi connectivity index (χ1n) is 2.33.